The van der Waals surface area contributed by atoms with Crippen LogP contribution in [0.3, 0.4) is 0 Å². The van der Waals surface area contributed by atoms with Gasteiger partial charge in [-0.15, -0.1) is 0 Å². The van der Waals surface area contributed by atoms with Gasteiger partial charge in [-0.25, -0.2) is 4.79 Å². The summed E-state index contributed by atoms with van der Waals surface area (Å²) in [5, 5.41) is 21.1. The average molecular weight is 415 g/mol. The average Bonchev–Trinajstić information content (AvgIpc) is 2.41. The van der Waals surface area contributed by atoms with Gasteiger partial charge in [-0.1, -0.05) is 22.0 Å². The largest absolute Gasteiger partial charge is 0.508 e. The highest BCUT2D eigenvalue weighted by Gasteiger charge is 2.17. The van der Waals surface area contributed by atoms with Crippen LogP contribution in [0.1, 0.15) is 20.7 Å². The van der Waals surface area contributed by atoms with Gasteiger partial charge in [0.05, 0.1) is 11.3 Å². The summed E-state index contributed by atoms with van der Waals surface area (Å²) in [5.74, 6) is -1.73. The molecule has 2 rings (SSSR count). The SMILES string of the molecule is O=C(Nc1c(Br)cc(Br)cc1C(=O)O)c1cccc(O)c1. The van der Waals surface area contributed by atoms with Crippen LogP contribution in [0.5, 0.6) is 5.75 Å². The van der Waals surface area contributed by atoms with E-state index in [0.717, 1.165) is 0 Å². The Hall–Kier alpha value is -1.86. The first kappa shape index (κ1) is 15.5. The molecule has 5 nitrogen and oxygen atoms in total. The van der Waals surface area contributed by atoms with Gasteiger partial charge >= 0.3 is 5.97 Å². The number of phenols is 1. The molecule has 0 aliphatic carbocycles. The molecule has 3 N–H and O–H groups in total. The van der Waals surface area contributed by atoms with Crippen LogP contribution in [0, 0.1) is 0 Å². The first-order valence-corrected chi connectivity index (χ1v) is 7.30. The minimum Gasteiger partial charge on any atom is -0.508 e. The van der Waals surface area contributed by atoms with Crippen molar-refractivity contribution < 1.29 is 19.8 Å². The molecule has 0 spiro atoms. The van der Waals surface area contributed by atoms with Gasteiger partial charge in [0.1, 0.15) is 5.75 Å². The summed E-state index contributed by atoms with van der Waals surface area (Å²) in [6.45, 7) is 0. The molecule has 0 radical (unpaired) electrons. The molecular weight excluding hydrogens is 406 g/mol. The fourth-order valence-electron chi connectivity index (χ4n) is 1.70. The number of carboxylic acids is 1. The number of carboxylic acid groups (broad SMARTS) is 1. The number of benzene rings is 2. The van der Waals surface area contributed by atoms with Crippen molar-refractivity contribution in [3.8, 4) is 5.75 Å². The minimum absolute atomic E-state index is 0.0454. The lowest BCUT2D eigenvalue weighted by molar-refractivity contribution is 0.0698. The lowest BCUT2D eigenvalue weighted by Crippen LogP contribution is -2.15. The van der Waals surface area contributed by atoms with Gasteiger partial charge in [-0.2, -0.15) is 0 Å². The van der Waals surface area contributed by atoms with Crippen molar-refractivity contribution in [2.75, 3.05) is 5.32 Å². The van der Waals surface area contributed by atoms with E-state index in [-0.39, 0.29) is 22.6 Å². The third-order valence-corrected chi connectivity index (χ3v) is 3.72. The standard InChI is InChI=1S/C14H9Br2NO4/c15-8-5-10(14(20)21)12(11(16)6-8)17-13(19)7-2-1-3-9(18)4-7/h1-6,18H,(H,17,19)(H,20,21). The van der Waals surface area contributed by atoms with E-state index in [1.54, 1.807) is 6.07 Å². The molecule has 0 heterocycles. The number of phenolic OH excluding ortho intramolecular Hbond substituents is 1. The van der Waals surface area contributed by atoms with Crippen LogP contribution in [-0.4, -0.2) is 22.1 Å². The fraction of sp³-hybridized carbons (Fsp3) is 0. The zero-order valence-corrected chi connectivity index (χ0v) is 13.6. The molecule has 0 unspecified atom stereocenters. The Labute approximate surface area is 136 Å². The topological polar surface area (TPSA) is 86.6 Å². The van der Waals surface area contributed by atoms with Crippen LogP contribution in [0.4, 0.5) is 5.69 Å². The number of hydrogen-bond acceptors (Lipinski definition) is 3. The molecule has 108 valence electrons. The van der Waals surface area contributed by atoms with Crippen molar-refractivity contribution in [2.24, 2.45) is 0 Å². The van der Waals surface area contributed by atoms with Crippen molar-refractivity contribution in [3.05, 3.63) is 56.5 Å². The maximum atomic E-state index is 12.1. The first-order chi connectivity index (χ1) is 9.88. The van der Waals surface area contributed by atoms with Gasteiger partial charge in [0.25, 0.3) is 5.91 Å². The molecule has 0 saturated carbocycles. The van der Waals surface area contributed by atoms with Crippen LogP contribution in [0.15, 0.2) is 45.3 Å². The summed E-state index contributed by atoms with van der Waals surface area (Å²) in [6, 6.07) is 8.80. The van der Waals surface area contributed by atoms with Crippen LogP contribution in [-0.2, 0) is 0 Å². The number of halogens is 2. The predicted molar refractivity (Wildman–Crippen MR) is 84.9 cm³/mol. The number of anilines is 1. The second-order valence-electron chi connectivity index (χ2n) is 4.12. The van der Waals surface area contributed by atoms with Crippen LogP contribution in [0.25, 0.3) is 0 Å². The van der Waals surface area contributed by atoms with Crippen LogP contribution < -0.4 is 5.32 Å². The molecule has 21 heavy (non-hydrogen) atoms. The van der Waals surface area contributed by atoms with Gasteiger partial charge in [0, 0.05) is 14.5 Å². The number of aromatic hydroxyl groups is 1. The van der Waals surface area contributed by atoms with Crippen molar-refractivity contribution >= 4 is 49.4 Å². The van der Waals surface area contributed by atoms with Crippen LogP contribution in [0.2, 0.25) is 0 Å². The molecule has 0 fully saturated rings. The Bertz CT molecular complexity index is 731. The van der Waals surface area contributed by atoms with Crippen molar-refractivity contribution in [3.63, 3.8) is 0 Å². The molecule has 7 heteroatoms. The monoisotopic (exact) mass is 413 g/mol. The van der Waals surface area contributed by atoms with E-state index < -0.39 is 11.9 Å². The number of amides is 1. The summed E-state index contributed by atoms with van der Waals surface area (Å²) >= 11 is 6.42. The number of carbonyl (C=O) groups is 2. The molecule has 2 aromatic carbocycles. The Morgan fingerprint density at radius 1 is 1.10 bits per heavy atom. The molecule has 0 aliphatic rings. The van der Waals surface area contributed by atoms with Crippen molar-refractivity contribution in [2.45, 2.75) is 0 Å². The van der Waals surface area contributed by atoms with Crippen molar-refractivity contribution in [1.29, 1.82) is 0 Å². The molecular formula is C14H9Br2NO4. The van der Waals surface area contributed by atoms with Gasteiger partial charge in [-0.05, 0) is 46.3 Å². The predicted octanol–water partition coefficient (Wildman–Crippen LogP) is 3.87. The summed E-state index contributed by atoms with van der Waals surface area (Å²) < 4.78 is 1.00. The highest BCUT2D eigenvalue weighted by Crippen LogP contribution is 2.31. The highest BCUT2D eigenvalue weighted by atomic mass is 79.9. The zero-order valence-electron chi connectivity index (χ0n) is 10.4. The molecule has 0 saturated heterocycles. The van der Waals surface area contributed by atoms with E-state index >= 15 is 0 Å². The minimum atomic E-state index is -1.16. The lowest BCUT2D eigenvalue weighted by atomic mass is 10.1. The quantitative estimate of drug-likeness (QED) is 0.711. The number of aromatic carboxylic acids is 1. The third kappa shape index (κ3) is 3.62. The molecule has 0 atom stereocenters. The Kier molecular flexibility index (Phi) is 4.64. The number of carbonyl (C=O) groups excluding carboxylic acids is 1. The maximum absolute atomic E-state index is 12.1. The van der Waals surface area contributed by atoms with Gasteiger partial charge < -0.3 is 15.5 Å². The van der Waals surface area contributed by atoms with E-state index in [1.807, 2.05) is 0 Å². The maximum Gasteiger partial charge on any atom is 0.337 e. The Balaban J connectivity index is 2.39. The molecule has 2 aromatic rings. The second-order valence-corrected chi connectivity index (χ2v) is 5.89. The van der Waals surface area contributed by atoms with Gasteiger partial charge in [0.2, 0.25) is 0 Å². The number of hydrogen-bond donors (Lipinski definition) is 3. The van der Waals surface area contributed by atoms with E-state index in [1.165, 1.54) is 30.3 Å². The molecule has 1 amide bonds. The summed E-state index contributed by atoms with van der Waals surface area (Å²) in [5.41, 5.74) is 0.324. The summed E-state index contributed by atoms with van der Waals surface area (Å²) in [6.07, 6.45) is 0. The lowest BCUT2D eigenvalue weighted by Gasteiger charge is -2.11. The smallest absolute Gasteiger partial charge is 0.337 e. The third-order valence-electron chi connectivity index (χ3n) is 2.63. The summed E-state index contributed by atoms with van der Waals surface area (Å²) in [4.78, 5) is 23.4. The van der Waals surface area contributed by atoms with Gasteiger partial charge in [-0.3, -0.25) is 4.79 Å². The zero-order chi connectivity index (χ0) is 15.6. The number of rotatable bonds is 3. The Morgan fingerprint density at radius 2 is 1.81 bits per heavy atom. The van der Waals surface area contributed by atoms with E-state index in [0.29, 0.717) is 8.95 Å². The van der Waals surface area contributed by atoms with Crippen LogP contribution >= 0.6 is 31.9 Å². The van der Waals surface area contributed by atoms with E-state index in [4.69, 9.17) is 0 Å². The molecule has 0 bridgehead atoms. The fourth-order valence-corrected chi connectivity index (χ4v) is 3.03. The van der Waals surface area contributed by atoms with E-state index in [2.05, 4.69) is 37.2 Å². The molecule has 0 aromatic heterocycles. The van der Waals surface area contributed by atoms with Gasteiger partial charge in [0.15, 0.2) is 0 Å². The summed E-state index contributed by atoms with van der Waals surface area (Å²) in [7, 11) is 0. The van der Waals surface area contributed by atoms with E-state index in [9.17, 15) is 19.8 Å². The highest BCUT2D eigenvalue weighted by molar-refractivity contribution is 9.11. The normalized spacial score (nSPS) is 10.2. The first-order valence-electron chi connectivity index (χ1n) is 5.71. The second kappa shape index (κ2) is 6.28. The number of nitrogens with one attached hydrogen (secondary N) is 1. The Morgan fingerprint density at radius 3 is 2.43 bits per heavy atom. The van der Waals surface area contributed by atoms with Crippen molar-refractivity contribution in [1.82, 2.24) is 0 Å². The molecule has 0 aliphatic heterocycles.